The van der Waals surface area contributed by atoms with Gasteiger partial charge in [0.25, 0.3) is 0 Å². The zero-order valence-electron chi connectivity index (χ0n) is 14.6. The average molecular weight is 344 g/mol. The molecule has 24 heavy (non-hydrogen) atoms. The minimum absolute atomic E-state index is 0.0121. The van der Waals surface area contributed by atoms with Crippen molar-refractivity contribution in [3.8, 4) is 11.4 Å². The summed E-state index contributed by atoms with van der Waals surface area (Å²) in [6.07, 6.45) is 1.81. The van der Waals surface area contributed by atoms with E-state index in [1.54, 1.807) is 6.08 Å². The fourth-order valence-electron chi connectivity index (χ4n) is 2.15. The molecule has 128 valence electrons. The molecule has 5 nitrogen and oxygen atoms in total. The number of carbonyl (C=O) groups excluding carboxylic acids is 1. The van der Waals surface area contributed by atoms with Gasteiger partial charge in [0, 0.05) is 17.6 Å². The van der Waals surface area contributed by atoms with E-state index < -0.39 is 0 Å². The smallest absolute Gasteiger partial charge is 0.233 e. The largest absolute Gasteiger partial charge is 0.351 e. The summed E-state index contributed by atoms with van der Waals surface area (Å²) < 4.78 is 1.98. The highest BCUT2D eigenvalue weighted by Crippen LogP contribution is 2.27. The molecular weight excluding hydrogens is 320 g/mol. The van der Waals surface area contributed by atoms with Crippen LogP contribution in [0, 0.1) is 0 Å². The van der Waals surface area contributed by atoms with Gasteiger partial charge in [-0.3, -0.25) is 9.36 Å². The molecule has 0 radical (unpaired) electrons. The number of nitrogens with zero attached hydrogens (tertiary/aromatic N) is 3. The predicted molar refractivity (Wildman–Crippen MR) is 98.9 cm³/mol. The van der Waals surface area contributed by atoms with Gasteiger partial charge in [-0.05, 0) is 27.7 Å². The normalized spacial score (nSPS) is 12.7. The molecule has 0 aliphatic carbocycles. The molecule has 1 unspecified atom stereocenters. The Morgan fingerprint density at radius 2 is 2.00 bits per heavy atom. The van der Waals surface area contributed by atoms with Crippen LogP contribution in [0.5, 0.6) is 0 Å². The summed E-state index contributed by atoms with van der Waals surface area (Å²) in [5.41, 5.74) is 0.737. The van der Waals surface area contributed by atoms with Gasteiger partial charge >= 0.3 is 0 Å². The van der Waals surface area contributed by atoms with E-state index in [0.29, 0.717) is 11.7 Å². The Bertz CT molecular complexity index is 704. The molecule has 0 spiro atoms. The fraction of sp³-hybridized carbons (Fsp3) is 0.389. The number of aromatic nitrogens is 3. The van der Waals surface area contributed by atoms with Gasteiger partial charge in [0.1, 0.15) is 0 Å². The number of carbonyl (C=O) groups is 1. The van der Waals surface area contributed by atoms with Gasteiger partial charge in [-0.1, -0.05) is 48.2 Å². The monoisotopic (exact) mass is 344 g/mol. The Kier molecular flexibility index (Phi) is 5.83. The van der Waals surface area contributed by atoms with E-state index in [-0.39, 0.29) is 16.7 Å². The van der Waals surface area contributed by atoms with Crippen molar-refractivity contribution >= 4 is 17.7 Å². The minimum atomic E-state index is -0.263. The topological polar surface area (TPSA) is 59.8 Å². The molecule has 1 atom stereocenters. The van der Waals surface area contributed by atoms with Crippen LogP contribution in [0.3, 0.4) is 0 Å². The number of amides is 1. The van der Waals surface area contributed by atoms with Crippen molar-refractivity contribution in [2.24, 2.45) is 0 Å². The van der Waals surface area contributed by atoms with Crippen LogP contribution in [-0.4, -0.2) is 31.5 Å². The van der Waals surface area contributed by atoms with Crippen molar-refractivity contribution in [2.75, 3.05) is 0 Å². The van der Waals surface area contributed by atoms with E-state index in [1.165, 1.54) is 11.8 Å². The minimum Gasteiger partial charge on any atom is -0.351 e. The van der Waals surface area contributed by atoms with E-state index in [0.717, 1.165) is 11.4 Å². The first kappa shape index (κ1) is 18.3. The van der Waals surface area contributed by atoms with Gasteiger partial charge in [-0.15, -0.1) is 16.8 Å². The third kappa shape index (κ3) is 4.71. The first-order chi connectivity index (χ1) is 11.3. The lowest BCUT2D eigenvalue weighted by molar-refractivity contribution is -0.121. The molecule has 0 aliphatic rings. The molecule has 1 aromatic heterocycles. The van der Waals surface area contributed by atoms with E-state index >= 15 is 0 Å². The van der Waals surface area contributed by atoms with Crippen LogP contribution in [0.15, 0.2) is 48.1 Å². The van der Waals surface area contributed by atoms with Crippen molar-refractivity contribution in [2.45, 2.75) is 50.2 Å². The van der Waals surface area contributed by atoms with Crippen molar-refractivity contribution in [3.05, 3.63) is 43.0 Å². The molecule has 1 N–H and O–H groups in total. The second-order valence-corrected chi connectivity index (χ2v) is 7.88. The van der Waals surface area contributed by atoms with Crippen molar-refractivity contribution in [1.29, 1.82) is 0 Å². The standard InChI is InChI=1S/C18H24N4OS/c1-6-12-22-15(14-10-8-7-9-11-14)20-21-17(22)24-13(2)16(23)19-18(3,4)5/h6-11,13H,1,12H2,2-5H3,(H,19,23). The molecule has 1 heterocycles. The lowest BCUT2D eigenvalue weighted by Crippen LogP contribution is -2.44. The van der Waals surface area contributed by atoms with E-state index in [1.807, 2.05) is 62.6 Å². The Balaban J connectivity index is 2.23. The molecule has 0 saturated carbocycles. The number of hydrogen-bond acceptors (Lipinski definition) is 4. The molecule has 2 rings (SSSR count). The van der Waals surface area contributed by atoms with Crippen LogP contribution in [0.4, 0.5) is 0 Å². The van der Waals surface area contributed by atoms with E-state index in [2.05, 4.69) is 22.1 Å². The van der Waals surface area contributed by atoms with Gasteiger partial charge in [0.15, 0.2) is 11.0 Å². The van der Waals surface area contributed by atoms with Crippen molar-refractivity contribution < 1.29 is 4.79 Å². The fourth-order valence-corrected chi connectivity index (χ4v) is 3.01. The number of rotatable bonds is 6. The van der Waals surface area contributed by atoms with Crippen LogP contribution in [0.25, 0.3) is 11.4 Å². The summed E-state index contributed by atoms with van der Waals surface area (Å²) in [7, 11) is 0. The van der Waals surface area contributed by atoms with E-state index in [4.69, 9.17) is 0 Å². The highest BCUT2D eigenvalue weighted by molar-refractivity contribution is 8.00. The summed E-state index contributed by atoms with van der Waals surface area (Å²) in [4.78, 5) is 12.3. The number of hydrogen-bond donors (Lipinski definition) is 1. The summed E-state index contributed by atoms with van der Waals surface area (Å²) >= 11 is 1.40. The lowest BCUT2D eigenvalue weighted by Gasteiger charge is -2.22. The molecule has 0 bridgehead atoms. The Labute approximate surface area is 147 Å². The van der Waals surface area contributed by atoms with Gasteiger partial charge in [0.2, 0.25) is 5.91 Å². The second kappa shape index (κ2) is 7.66. The maximum absolute atomic E-state index is 12.3. The van der Waals surface area contributed by atoms with Gasteiger partial charge in [-0.25, -0.2) is 0 Å². The molecule has 1 aromatic carbocycles. The third-order valence-electron chi connectivity index (χ3n) is 3.21. The Morgan fingerprint density at radius 1 is 1.33 bits per heavy atom. The van der Waals surface area contributed by atoms with E-state index in [9.17, 15) is 4.79 Å². The first-order valence-corrected chi connectivity index (χ1v) is 8.78. The molecule has 1 amide bonds. The first-order valence-electron chi connectivity index (χ1n) is 7.90. The molecule has 0 fully saturated rings. The zero-order chi connectivity index (χ0) is 17.7. The third-order valence-corrected chi connectivity index (χ3v) is 4.29. The molecular formula is C18H24N4OS. The number of benzene rings is 1. The highest BCUT2D eigenvalue weighted by Gasteiger charge is 2.23. The Morgan fingerprint density at radius 3 is 2.58 bits per heavy atom. The van der Waals surface area contributed by atoms with Crippen LogP contribution < -0.4 is 5.32 Å². The van der Waals surface area contributed by atoms with Gasteiger partial charge in [-0.2, -0.15) is 0 Å². The zero-order valence-corrected chi connectivity index (χ0v) is 15.4. The van der Waals surface area contributed by atoms with Crippen molar-refractivity contribution in [3.63, 3.8) is 0 Å². The number of allylic oxidation sites excluding steroid dienone is 1. The maximum atomic E-state index is 12.3. The molecule has 0 aliphatic heterocycles. The summed E-state index contributed by atoms with van der Waals surface area (Å²) in [5.74, 6) is 0.767. The summed E-state index contributed by atoms with van der Waals surface area (Å²) in [6, 6.07) is 9.89. The lowest BCUT2D eigenvalue weighted by atomic mass is 10.1. The average Bonchev–Trinajstić information content (AvgIpc) is 2.90. The highest BCUT2D eigenvalue weighted by atomic mass is 32.2. The van der Waals surface area contributed by atoms with Crippen LogP contribution in [0.2, 0.25) is 0 Å². The summed E-state index contributed by atoms with van der Waals surface area (Å²) in [6.45, 7) is 12.2. The second-order valence-electron chi connectivity index (χ2n) is 6.57. The van der Waals surface area contributed by atoms with Crippen LogP contribution >= 0.6 is 11.8 Å². The number of nitrogens with one attached hydrogen (secondary N) is 1. The predicted octanol–water partition coefficient (Wildman–Crippen LogP) is 3.53. The van der Waals surface area contributed by atoms with Gasteiger partial charge in [0.05, 0.1) is 5.25 Å². The SMILES string of the molecule is C=CCn1c(SC(C)C(=O)NC(C)(C)C)nnc1-c1ccccc1. The van der Waals surface area contributed by atoms with Crippen LogP contribution in [0.1, 0.15) is 27.7 Å². The molecule has 0 saturated heterocycles. The molecule has 6 heteroatoms. The van der Waals surface area contributed by atoms with Crippen LogP contribution in [-0.2, 0) is 11.3 Å². The van der Waals surface area contributed by atoms with Gasteiger partial charge < -0.3 is 5.32 Å². The Hall–Kier alpha value is -2.08. The number of thioether (sulfide) groups is 1. The maximum Gasteiger partial charge on any atom is 0.233 e. The molecule has 2 aromatic rings. The quantitative estimate of drug-likeness (QED) is 0.643. The van der Waals surface area contributed by atoms with Crippen molar-refractivity contribution in [1.82, 2.24) is 20.1 Å². The summed E-state index contributed by atoms with van der Waals surface area (Å²) in [5, 5.41) is 12.0.